The molecule has 2 aliphatic heterocycles. The summed E-state index contributed by atoms with van der Waals surface area (Å²) >= 11 is 1.62. The molecule has 0 unspecified atom stereocenters. The number of carbonyl (C=O) groups excluding carboxylic acids is 1. The maximum atomic E-state index is 12.7. The second kappa shape index (κ2) is 8.09. The van der Waals surface area contributed by atoms with Crippen molar-refractivity contribution < 1.29 is 9.53 Å². The molecule has 0 radical (unpaired) electrons. The van der Waals surface area contributed by atoms with Gasteiger partial charge in [-0.3, -0.25) is 9.78 Å². The zero-order valence-corrected chi connectivity index (χ0v) is 16.7. The lowest BCUT2D eigenvalue weighted by molar-refractivity contribution is -0.0949. The Kier molecular flexibility index (Phi) is 5.57. The molecule has 1 N–H and O–H groups in total. The van der Waals surface area contributed by atoms with E-state index in [0.29, 0.717) is 6.54 Å². The fraction of sp³-hybridized carbons (Fsp3) is 0.524. The third-order valence-electron chi connectivity index (χ3n) is 5.56. The molecule has 27 heavy (non-hydrogen) atoms. The summed E-state index contributed by atoms with van der Waals surface area (Å²) in [6, 6.07) is 7.82. The zero-order valence-electron chi connectivity index (χ0n) is 15.9. The maximum Gasteiger partial charge on any atom is 0.261 e. The number of hydrogen-bond donors (Lipinski definition) is 1. The molecule has 1 fully saturated rings. The van der Waals surface area contributed by atoms with E-state index in [1.54, 1.807) is 17.5 Å². The highest BCUT2D eigenvalue weighted by molar-refractivity contribution is 7.14. The highest BCUT2D eigenvalue weighted by atomic mass is 32.1. The number of amides is 1. The predicted octanol–water partition coefficient (Wildman–Crippen LogP) is 3.35. The van der Waals surface area contributed by atoms with E-state index in [4.69, 9.17) is 4.74 Å². The summed E-state index contributed by atoms with van der Waals surface area (Å²) in [5.74, 6) is -0.0152. The lowest BCUT2D eigenvalue weighted by Gasteiger charge is -2.43. The van der Waals surface area contributed by atoms with Crippen LogP contribution < -0.4 is 5.32 Å². The molecule has 144 valence electrons. The third kappa shape index (κ3) is 3.93. The first kappa shape index (κ1) is 18.6. The third-order valence-corrected chi connectivity index (χ3v) is 6.92. The molecule has 0 aliphatic carbocycles. The number of thiophene rings is 1. The molecule has 2 aliphatic rings. The summed E-state index contributed by atoms with van der Waals surface area (Å²) in [5, 5.41) is 3.00. The molecule has 5 nitrogen and oxygen atoms in total. The van der Waals surface area contributed by atoms with Crippen molar-refractivity contribution in [1.29, 1.82) is 0 Å². The Morgan fingerprint density at radius 3 is 2.96 bits per heavy atom. The van der Waals surface area contributed by atoms with Gasteiger partial charge in [-0.25, -0.2) is 0 Å². The lowest BCUT2D eigenvalue weighted by Crippen LogP contribution is -2.46. The van der Waals surface area contributed by atoms with Crippen molar-refractivity contribution in [3.63, 3.8) is 0 Å². The minimum atomic E-state index is -0.179. The largest absolute Gasteiger partial charge is 0.369 e. The molecule has 0 bridgehead atoms. The molecular formula is C21H27N3O2S. The first-order valence-corrected chi connectivity index (χ1v) is 10.7. The number of likely N-dealkylation sites (tertiary alicyclic amines) is 1. The number of carbonyl (C=O) groups is 1. The highest BCUT2D eigenvalue weighted by Crippen LogP contribution is 2.45. The van der Waals surface area contributed by atoms with Gasteiger partial charge in [0.1, 0.15) is 5.60 Å². The summed E-state index contributed by atoms with van der Waals surface area (Å²) in [6.45, 7) is 6.75. The molecule has 6 heteroatoms. The van der Waals surface area contributed by atoms with Gasteiger partial charge < -0.3 is 15.0 Å². The Hall–Kier alpha value is -1.76. The van der Waals surface area contributed by atoms with Gasteiger partial charge in [-0.15, -0.1) is 11.3 Å². The number of ether oxygens (including phenoxy) is 1. The van der Waals surface area contributed by atoms with Gasteiger partial charge in [0, 0.05) is 24.2 Å². The van der Waals surface area contributed by atoms with Crippen LogP contribution in [0.15, 0.2) is 30.5 Å². The number of nitrogens with one attached hydrogen (secondary N) is 1. The fourth-order valence-electron chi connectivity index (χ4n) is 4.12. The van der Waals surface area contributed by atoms with E-state index in [0.717, 1.165) is 56.1 Å². The molecule has 1 amide bonds. The number of aromatic nitrogens is 1. The molecule has 0 aromatic carbocycles. The number of piperidine rings is 1. The van der Waals surface area contributed by atoms with Crippen molar-refractivity contribution in [3.05, 3.63) is 51.5 Å². The van der Waals surface area contributed by atoms with Crippen LogP contribution in [0.4, 0.5) is 0 Å². The van der Waals surface area contributed by atoms with Crippen molar-refractivity contribution in [2.45, 2.75) is 44.8 Å². The standard InChI is InChI=1S/C21H27N3O2S/c1-2-10-24-11-7-21(8-12-24)19-16(6-13-26-21)14-18(27-19)20(25)23-15-17-5-3-4-9-22-17/h3-5,9,14H,2,6-8,10-13,15H2,1H3,(H,23,25). The number of nitrogens with zero attached hydrogens (tertiary/aromatic N) is 2. The molecule has 1 spiro atoms. The Balaban J connectivity index is 1.47. The minimum absolute atomic E-state index is 0.0152. The van der Waals surface area contributed by atoms with Crippen LogP contribution in [0.2, 0.25) is 0 Å². The summed E-state index contributed by atoms with van der Waals surface area (Å²) in [7, 11) is 0. The zero-order chi connectivity index (χ0) is 18.7. The van der Waals surface area contributed by atoms with E-state index in [1.165, 1.54) is 16.9 Å². The van der Waals surface area contributed by atoms with Crippen molar-refractivity contribution in [2.75, 3.05) is 26.2 Å². The quantitative estimate of drug-likeness (QED) is 0.858. The van der Waals surface area contributed by atoms with Crippen LogP contribution in [0.1, 0.15) is 52.0 Å². The number of rotatable bonds is 5. The number of pyridine rings is 1. The van der Waals surface area contributed by atoms with Crippen molar-refractivity contribution in [1.82, 2.24) is 15.2 Å². The molecular weight excluding hydrogens is 358 g/mol. The average Bonchev–Trinajstić information content (AvgIpc) is 3.15. The topological polar surface area (TPSA) is 54.5 Å². The molecule has 4 heterocycles. The van der Waals surface area contributed by atoms with Crippen LogP contribution >= 0.6 is 11.3 Å². The van der Waals surface area contributed by atoms with Crippen LogP contribution in [0.25, 0.3) is 0 Å². The maximum absolute atomic E-state index is 12.7. The fourth-order valence-corrected chi connectivity index (χ4v) is 5.45. The van der Waals surface area contributed by atoms with E-state index in [9.17, 15) is 4.79 Å². The minimum Gasteiger partial charge on any atom is -0.369 e. The van der Waals surface area contributed by atoms with Crippen LogP contribution in [0.5, 0.6) is 0 Å². The van der Waals surface area contributed by atoms with Gasteiger partial charge in [-0.1, -0.05) is 13.0 Å². The van der Waals surface area contributed by atoms with Crippen LogP contribution in [0, 0.1) is 0 Å². The second-order valence-electron chi connectivity index (χ2n) is 7.40. The van der Waals surface area contributed by atoms with Crippen molar-refractivity contribution >= 4 is 17.2 Å². The monoisotopic (exact) mass is 385 g/mol. The smallest absolute Gasteiger partial charge is 0.261 e. The molecule has 2 aromatic heterocycles. The molecule has 0 atom stereocenters. The van der Waals surface area contributed by atoms with Crippen molar-refractivity contribution in [2.24, 2.45) is 0 Å². The molecule has 0 saturated carbocycles. The average molecular weight is 386 g/mol. The predicted molar refractivity (Wildman–Crippen MR) is 107 cm³/mol. The number of hydrogen-bond acceptors (Lipinski definition) is 5. The Bertz CT molecular complexity index is 782. The van der Waals surface area contributed by atoms with Crippen LogP contribution in [-0.4, -0.2) is 42.0 Å². The van der Waals surface area contributed by atoms with E-state index >= 15 is 0 Å². The number of fused-ring (bicyclic) bond motifs is 2. The van der Waals surface area contributed by atoms with Gasteiger partial charge in [0.15, 0.2) is 0 Å². The highest BCUT2D eigenvalue weighted by Gasteiger charge is 2.42. The first-order valence-electron chi connectivity index (χ1n) is 9.88. The van der Waals surface area contributed by atoms with Gasteiger partial charge in [0.25, 0.3) is 5.91 Å². The molecule has 1 saturated heterocycles. The van der Waals surface area contributed by atoms with Gasteiger partial charge in [-0.05, 0) is 56.0 Å². The van der Waals surface area contributed by atoms with Gasteiger partial charge >= 0.3 is 0 Å². The van der Waals surface area contributed by atoms with Gasteiger partial charge in [-0.2, -0.15) is 0 Å². The Morgan fingerprint density at radius 2 is 2.22 bits per heavy atom. The lowest BCUT2D eigenvalue weighted by atomic mass is 9.85. The summed E-state index contributed by atoms with van der Waals surface area (Å²) in [5.41, 5.74) is 2.00. The van der Waals surface area contributed by atoms with Crippen LogP contribution in [0.3, 0.4) is 0 Å². The summed E-state index contributed by atoms with van der Waals surface area (Å²) < 4.78 is 6.32. The molecule has 2 aromatic rings. The van der Waals surface area contributed by atoms with E-state index < -0.39 is 0 Å². The van der Waals surface area contributed by atoms with E-state index in [2.05, 4.69) is 28.2 Å². The van der Waals surface area contributed by atoms with E-state index in [-0.39, 0.29) is 11.5 Å². The van der Waals surface area contributed by atoms with E-state index in [1.807, 2.05) is 18.2 Å². The first-order chi connectivity index (χ1) is 13.2. The normalized spacial score (nSPS) is 19.0. The van der Waals surface area contributed by atoms with Gasteiger partial charge in [0.2, 0.25) is 0 Å². The second-order valence-corrected chi connectivity index (χ2v) is 8.46. The Morgan fingerprint density at radius 1 is 1.37 bits per heavy atom. The summed E-state index contributed by atoms with van der Waals surface area (Å²) in [4.78, 5) is 21.5. The van der Waals surface area contributed by atoms with Crippen LogP contribution in [-0.2, 0) is 23.3 Å². The van der Waals surface area contributed by atoms with Crippen molar-refractivity contribution in [3.8, 4) is 0 Å². The SMILES string of the molecule is CCCN1CCC2(CC1)OCCc1cc(C(=O)NCc3ccccn3)sc12. The van der Waals surface area contributed by atoms with Gasteiger partial charge in [0.05, 0.1) is 23.7 Å². The molecule has 4 rings (SSSR count). The Labute approximate surface area is 164 Å². The summed E-state index contributed by atoms with van der Waals surface area (Å²) in [6.07, 6.45) is 5.89.